The Labute approximate surface area is 89.4 Å². The first kappa shape index (κ1) is 11.6. The van der Waals surface area contributed by atoms with Gasteiger partial charge in [0.25, 0.3) is 5.97 Å². The van der Waals surface area contributed by atoms with Crippen molar-refractivity contribution < 1.29 is 15.0 Å². The average molecular weight is 208 g/mol. The van der Waals surface area contributed by atoms with E-state index in [0.717, 1.165) is 18.1 Å². The summed E-state index contributed by atoms with van der Waals surface area (Å²) >= 11 is 0. The van der Waals surface area contributed by atoms with Gasteiger partial charge >= 0.3 is 0 Å². The van der Waals surface area contributed by atoms with Crippen molar-refractivity contribution in [1.29, 1.82) is 0 Å². The molecule has 0 heterocycles. The van der Waals surface area contributed by atoms with Gasteiger partial charge < -0.3 is 10.2 Å². The zero-order valence-corrected chi connectivity index (χ0v) is 9.46. The third kappa shape index (κ3) is 2.72. The third-order valence-electron chi connectivity index (χ3n) is 2.15. The van der Waals surface area contributed by atoms with Crippen molar-refractivity contribution in [2.45, 2.75) is 33.1 Å². The van der Waals surface area contributed by atoms with Gasteiger partial charge in [-0.05, 0) is 23.1 Å². The molecule has 15 heavy (non-hydrogen) atoms. The van der Waals surface area contributed by atoms with Crippen LogP contribution in [0.4, 0.5) is 0 Å². The van der Waals surface area contributed by atoms with Crippen molar-refractivity contribution in [2.75, 3.05) is 0 Å². The van der Waals surface area contributed by atoms with Gasteiger partial charge in [-0.25, -0.2) is 0 Å². The zero-order valence-electron chi connectivity index (χ0n) is 9.46. The summed E-state index contributed by atoms with van der Waals surface area (Å²) in [5.41, 5.74) is 3.41. The van der Waals surface area contributed by atoms with E-state index in [1.165, 1.54) is 5.56 Å². The summed E-state index contributed by atoms with van der Waals surface area (Å²) in [4.78, 5) is 9.00. The molecule has 0 atom stereocenters. The Kier molecular flexibility index (Phi) is 2.75. The van der Waals surface area contributed by atoms with Crippen molar-refractivity contribution in [1.82, 2.24) is 0 Å². The normalized spacial score (nSPS) is 11.5. The molecule has 0 aromatic carbocycles. The molecule has 3 nitrogen and oxygen atoms in total. The highest BCUT2D eigenvalue weighted by atomic mass is 16.4. The van der Waals surface area contributed by atoms with E-state index in [-0.39, 0.29) is 5.41 Å². The number of carbonyl (C=O) groups is 1. The van der Waals surface area contributed by atoms with Crippen LogP contribution in [0.2, 0.25) is 0 Å². The lowest BCUT2D eigenvalue weighted by Crippen LogP contribution is -2.09. The van der Waals surface area contributed by atoms with E-state index in [4.69, 9.17) is 9.90 Å². The van der Waals surface area contributed by atoms with Gasteiger partial charge in [0.1, 0.15) is 5.75 Å². The van der Waals surface area contributed by atoms with E-state index in [1.54, 1.807) is 0 Å². The van der Waals surface area contributed by atoms with Crippen LogP contribution in [0.3, 0.4) is 0 Å². The van der Waals surface area contributed by atoms with Crippen LogP contribution in [0.5, 0.6) is 5.75 Å². The van der Waals surface area contributed by atoms with Gasteiger partial charge in [0.2, 0.25) is 0 Å². The number of phenols is 1. The lowest BCUT2D eigenvalue weighted by atomic mass is 9.88. The third-order valence-corrected chi connectivity index (χ3v) is 2.15. The van der Waals surface area contributed by atoms with E-state index in [0.29, 0.717) is 5.75 Å². The number of carboxylic acid groups (broad SMARTS) is 1. The molecule has 0 radical (unpaired) electrons. The van der Waals surface area contributed by atoms with Crippen LogP contribution < -0.4 is 0 Å². The van der Waals surface area contributed by atoms with Crippen molar-refractivity contribution in [2.24, 2.45) is 0 Å². The second-order valence-corrected chi connectivity index (χ2v) is 4.69. The highest BCUT2D eigenvalue weighted by Crippen LogP contribution is 2.49. The van der Waals surface area contributed by atoms with Gasteiger partial charge in [-0.15, -0.1) is 0 Å². The smallest absolute Gasteiger partial charge is 0.300 e. The molecule has 0 unspecified atom stereocenters. The van der Waals surface area contributed by atoms with Gasteiger partial charge in [-0.2, -0.15) is 0 Å². The number of benzene rings is 1. The number of rotatable bonds is 0. The van der Waals surface area contributed by atoms with Crippen molar-refractivity contribution in [3.63, 3.8) is 0 Å². The fourth-order valence-corrected chi connectivity index (χ4v) is 1.38. The standard InChI is InChI=1S/C10H12O.C2H4O2/c1-10(2,3)8-5-6-4-7(6)9(8)11;1-2(3)4/h4-5,11H,1-3H3;1H3,(H,3,4). The van der Waals surface area contributed by atoms with Gasteiger partial charge in [0, 0.05) is 18.1 Å². The summed E-state index contributed by atoms with van der Waals surface area (Å²) in [5.74, 6) is -0.340. The fourth-order valence-electron chi connectivity index (χ4n) is 1.38. The maximum Gasteiger partial charge on any atom is 0.300 e. The zero-order chi connectivity index (χ0) is 11.8. The molecule has 0 aromatic heterocycles. The minimum atomic E-state index is -0.833. The van der Waals surface area contributed by atoms with Crippen LogP contribution in [-0.2, 0) is 10.2 Å². The van der Waals surface area contributed by atoms with Gasteiger partial charge in [0.05, 0.1) is 0 Å². The van der Waals surface area contributed by atoms with Crippen LogP contribution >= 0.6 is 0 Å². The molecule has 2 aliphatic carbocycles. The summed E-state index contributed by atoms with van der Waals surface area (Å²) in [6, 6.07) is 4.08. The first-order valence-corrected chi connectivity index (χ1v) is 4.81. The molecule has 2 rings (SSSR count). The molecule has 0 fully saturated rings. The number of hydrogen-bond donors (Lipinski definition) is 2. The van der Waals surface area contributed by atoms with Gasteiger partial charge in [-0.3, -0.25) is 4.79 Å². The predicted octanol–water partition coefficient (Wildman–Crippen LogP) is 2.76. The van der Waals surface area contributed by atoms with Crippen LogP contribution in [0, 0.1) is 0 Å². The average Bonchev–Trinajstić information content (AvgIpc) is 2.68. The molecular formula is C12H16O3. The molecule has 0 spiro atoms. The number of aromatic hydroxyl groups is 1. The minimum Gasteiger partial charge on any atom is -0.507 e. The molecule has 2 N–H and O–H groups in total. The second kappa shape index (κ2) is 3.57. The highest BCUT2D eigenvalue weighted by molar-refractivity contribution is 5.89. The van der Waals surface area contributed by atoms with Crippen molar-refractivity contribution >= 4 is 5.97 Å². The predicted molar refractivity (Wildman–Crippen MR) is 59.1 cm³/mol. The van der Waals surface area contributed by atoms with Crippen LogP contribution in [0.15, 0.2) is 12.1 Å². The molecule has 0 saturated heterocycles. The van der Waals surface area contributed by atoms with E-state index < -0.39 is 5.97 Å². The Morgan fingerprint density at radius 1 is 1.27 bits per heavy atom. The molecule has 82 valence electrons. The largest absolute Gasteiger partial charge is 0.507 e. The maximum atomic E-state index is 9.59. The lowest BCUT2D eigenvalue weighted by molar-refractivity contribution is -0.134. The fraction of sp³-hybridized carbons (Fsp3) is 0.417. The first-order valence-electron chi connectivity index (χ1n) is 4.81. The summed E-state index contributed by atoms with van der Waals surface area (Å²) in [6.07, 6.45) is 0. The second-order valence-electron chi connectivity index (χ2n) is 4.69. The van der Waals surface area contributed by atoms with Gasteiger partial charge in [-0.1, -0.05) is 20.8 Å². The Morgan fingerprint density at radius 2 is 1.73 bits per heavy atom. The van der Waals surface area contributed by atoms with Gasteiger partial charge in [0.15, 0.2) is 0 Å². The van der Waals surface area contributed by atoms with Crippen LogP contribution in [0.25, 0.3) is 11.1 Å². The topological polar surface area (TPSA) is 57.5 Å². The van der Waals surface area contributed by atoms with Crippen molar-refractivity contribution in [3.05, 3.63) is 17.7 Å². The quantitative estimate of drug-likeness (QED) is 0.699. The molecular weight excluding hydrogens is 192 g/mol. The Morgan fingerprint density at radius 3 is 1.93 bits per heavy atom. The van der Waals surface area contributed by atoms with E-state index in [1.807, 2.05) is 6.07 Å². The Hall–Kier alpha value is -1.51. The summed E-state index contributed by atoms with van der Waals surface area (Å²) in [5, 5.41) is 17.0. The Bertz CT molecular complexity index is 396. The maximum absolute atomic E-state index is 9.59. The number of carboxylic acids is 1. The minimum absolute atomic E-state index is 0.0747. The summed E-state index contributed by atoms with van der Waals surface area (Å²) in [7, 11) is 0. The first-order chi connectivity index (χ1) is 6.73. The SMILES string of the molecule is CC(=O)O.CC(C)(C)c1cc2cc-2c1O. The van der Waals surface area contributed by atoms with Crippen molar-refractivity contribution in [3.8, 4) is 16.9 Å². The van der Waals surface area contributed by atoms with E-state index in [2.05, 4.69) is 26.8 Å². The summed E-state index contributed by atoms with van der Waals surface area (Å²) < 4.78 is 0. The molecule has 0 saturated carbocycles. The monoisotopic (exact) mass is 208 g/mol. The van der Waals surface area contributed by atoms with Crippen LogP contribution in [0.1, 0.15) is 33.3 Å². The van der Waals surface area contributed by atoms with Crippen LogP contribution in [-0.4, -0.2) is 16.2 Å². The van der Waals surface area contributed by atoms with E-state index >= 15 is 0 Å². The lowest BCUT2D eigenvalue weighted by Gasteiger charge is -2.17. The molecule has 0 amide bonds. The number of fused-ring (bicyclic) bond motifs is 1. The Balaban J connectivity index is 0.000000245. The molecule has 0 aliphatic heterocycles. The molecule has 2 aliphatic rings. The van der Waals surface area contributed by atoms with E-state index in [9.17, 15) is 5.11 Å². The molecule has 0 bridgehead atoms. The number of hydrogen-bond acceptors (Lipinski definition) is 2. The molecule has 3 heteroatoms. The molecule has 0 aromatic rings. The highest BCUT2D eigenvalue weighted by Gasteiger charge is 2.28. The number of aliphatic carboxylic acids is 1. The summed E-state index contributed by atoms with van der Waals surface area (Å²) in [6.45, 7) is 7.42. The number of phenolic OH excluding ortho intramolecular Hbond substituents is 1.